The lowest BCUT2D eigenvalue weighted by Crippen LogP contribution is -2.57. The van der Waals surface area contributed by atoms with Gasteiger partial charge in [-0.05, 0) is 23.1 Å². The summed E-state index contributed by atoms with van der Waals surface area (Å²) < 4.78 is 5.36. The molecule has 2 rings (SSSR count). The predicted octanol–water partition coefficient (Wildman–Crippen LogP) is 3.11. The second-order valence-corrected chi connectivity index (χ2v) is 5.97. The molecule has 1 fully saturated rings. The first-order valence-electron chi connectivity index (χ1n) is 5.93. The number of halogens is 1. The molecule has 1 aliphatic rings. The van der Waals surface area contributed by atoms with Gasteiger partial charge in [0.2, 0.25) is 0 Å². The zero-order valence-electron chi connectivity index (χ0n) is 10.6. The fourth-order valence-corrected chi connectivity index (χ4v) is 2.70. The van der Waals surface area contributed by atoms with Crippen molar-refractivity contribution in [3.63, 3.8) is 0 Å². The van der Waals surface area contributed by atoms with Crippen LogP contribution in [0.25, 0.3) is 0 Å². The first kappa shape index (κ1) is 13.4. The maximum absolute atomic E-state index is 11.0. The maximum Gasteiger partial charge on any atom is 0.303 e. The minimum atomic E-state index is -0.778. The molecule has 1 aromatic rings. The minimum absolute atomic E-state index is 0.124. The number of ether oxygens (including phenoxy) is 1. The van der Waals surface area contributed by atoms with Crippen LogP contribution < -0.4 is 0 Å². The highest BCUT2D eigenvalue weighted by Crippen LogP contribution is 2.49. The summed E-state index contributed by atoms with van der Waals surface area (Å²) in [7, 11) is 0. The van der Waals surface area contributed by atoms with Crippen LogP contribution in [0.2, 0.25) is 5.02 Å². The molecule has 0 spiro atoms. The van der Waals surface area contributed by atoms with Gasteiger partial charge in [0.15, 0.2) is 0 Å². The van der Waals surface area contributed by atoms with E-state index in [2.05, 4.69) is 0 Å². The maximum atomic E-state index is 11.0. The molecule has 1 aromatic carbocycles. The zero-order chi connectivity index (χ0) is 13.4. The molecule has 1 saturated heterocycles. The summed E-state index contributed by atoms with van der Waals surface area (Å²) in [6.45, 7) is 5.10. The quantitative estimate of drug-likeness (QED) is 0.913. The van der Waals surface area contributed by atoms with Crippen molar-refractivity contribution in [3.05, 3.63) is 34.9 Å². The van der Waals surface area contributed by atoms with Crippen LogP contribution in [0.5, 0.6) is 0 Å². The third-order valence-corrected chi connectivity index (χ3v) is 4.23. The van der Waals surface area contributed by atoms with Crippen LogP contribution in [0.1, 0.15) is 25.8 Å². The van der Waals surface area contributed by atoms with Gasteiger partial charge in [0.05, 0.1) is 19.6 Å². The van der Waals surface area contributed by atoms with Crippen molar-refractivity contribution in [2.45, 2.75) is 25.7 Å². The van der Waals surface area contributed by atoms with Crippen LogP contribution >= 0.6 is 11.6 Å². The number of hydrogen-bond donors (Lipinski definition) is 1. The van der Waals surface area contributed by atoms with Gasteiger partial charge in [-0.25, -0.2) is 0 Å². The van der Waals surface area contributed by atoms with Crippen LogP contribution in [-0.4, -0.2) is 24.3 Å². The molecular formula is C14H17ClO3. The van der Waals surface area contributed by atoms with E-state index in [9.17, 15) is 4.79 Å². The average molecular weight is 269 g/mol. The van der Waals surface area contributed by atoms with E-state index in [1.807, 2.05) is 38.1 Å². The van der Waals surface area contributed by atoms with Crippen LogP contribution in [0.15, 0.2) is 24.3 Å². The Balaban J connectivity index is 2.36. The lowest BCUT2D eigenvalue weighted by atomic mass is 9.59. The summed E-state index contributed by atoms with van der Waals surface area (Å²) in [6, 6.07) is 7.62. The first-order valence-corrected chi connectivity index (χ1v) is 6.31. The Bertz CT molecular complexity index is 447. The van der Waals surface area contributed by atoms with E-state index in [-0.39, 0.29) is 17.3 Å². The number of carbonyl (C=O) groups is 1. The Morgan fingerprint density at radius 2 is 1.94 bits per heavy atom. The fraction of sp³-hybridized carbons (Fsp3) is 0.500. The van der Waals surface area contributed by atoms with E-state index >= 15 is 0 Å². The number of benzene rings is 1. The lowest BCUT2D eigenvalue weighted by Gasteiger charge is -2.52. The van der Waals surface area contributed by atoms with Gasteiger partial charge in [0, 0.05) is 10.4 Å². The van der Waals surface area contributed by atoms with E-state index in [1.165, 1.54) is 0 Å². The molecule has 18 heavy (non-hydrogen) atoms. The Morgan fingerprint density at radius 1 is 1.39 bits per heavy atom. The molecule has 0 atom stereocenters. The predicted molar refractivity (Wildman–Crippen MR) is 70.0 cm³/mol. The van der Waals surface area contributed by atoms with Gasteiger partial charge < -0.3 is 9.84 Å². The normalized spacial score (nSPS) is 18.2. The van der Waals surface area contributed by atoms with Gasteiger partial charge in [-0.2, -0.15) is 0 Å². The molecule has 0 saturated carbocycles. The van der Waals surface area contributed by atoms with Crippen LogP contribution in [0.4, 0.5) is 0 Å². The molecule has 98 valence electrons. The average Bonchev–Trinajstić information content (AvgIpc) is 2.16. The van der Waals surface area contributed by atoms with Crippen molar-refractivity contribution in [1.29, 1.82) is 0 Å². The smallest absolute Gasteiger partial charge is 0.303 e. The van der Waals surface area contributed by atoms with Gasteiger partial charge in [0.25, 0.3) is 0 Å². The SMILES string of the molecule is CC(C)(CC(=O)O)C1(c2ccc(Cl)cc2)COC1. The molecule has 0 aliphatic carbocycles. The summed E-state index contributed by atoms with van der Waals surface area (Å²) in [5.41, 5.74) is 0.519. The van der Waals surface area contributed by atoms with Crippen molar-refractivity contribution in [2.75, 3.05) is 13.2 Å². The summed E-state index contributed by atoms with van der Waals surface area (Å²) in [6.07, 6.45) is 0.124. The monoisotopic (exact) mass is 268 g/mol. The topological polar surface area (TPSA) is 46.5 Å². The molecule has 3 nitrogen and oxygen atoms in total. The van der Waals surface area contributed by atoms with E-state index in [4.69, 9.17) is 21.4 Å². The summed E-state index contributed by atoms with van der Waals surface area (Å²) in [5.74, 6) is -0.778. The number of carboxylic acids is 1. The van der Waals surface area contributed by atoms with Gasteiger partial charge in [-0.15, -0.1) is 0 Å². The summed E-state index contributed by atoms with van der Waals surface area (Å²) in [4.78, 5) is 11.0. The van der Waals surface area contributed by atoms with Crippen LogP contribution in [0.3, 0.4) is 0 Å². The molecule has 1 aliphatic heterocycles. The molecular weight excluding hydrogens is 252 g/mol. The molecule has 0 amide bonds. The highest BCUT2D eigenvalue weighted by molar-refractivity contribution is 6.30. The molecule has 0 bridgehead atoms. The second kappa shape index (κ2) is 4.56. The number of rotatable bonds is 4. The van der Waals surface area contributed by atoms with Gasteiger partial charge in [-0.3, -0.25) is 4.79 Å². The van der Waals surface area contributed by atoms with E-state index in [0.717, 1.165) is 5.56 Å². The first-order chi connectivity index (χ1) is 8.37. The highest BCUT2D eigenvalue weighted by Gasteiger charge is 2.52. The van der Waals surface area contributed by atoms with Gasteiger partial charge >= 0.3 is 5.97 Å². The molecule has 4 heteroatoms. The minimum Gasteiger partial charge on any atom is -0.481 e. The molecule has 1 heterocycles. The standard InChI is InChI=1S/C14H17ClO3/c1-13(2,7-12(16)17)14(8-18-9-14)10-3-5-11(15)6-4-10/h3-6H,7-9H2,1-2H3,(H,16,17). The molecule has 0 unspecified atom stereocenters. The summed E-state index contributed by atoms with van der Waals surface area (Å²) in [5, 5.41) is 9.75. The van der Waals surface area contributed by atoms with Crippen molar-refractivity contribution < 1.29 is 14.6 Å². The summed E-state index contributed by atoms with van der Waals surface area (Å²) >= 11 is 5.90. The van der Waals surface area contributed by atoms with E-state index in [1.54, 1.807) is 0 Å². The third kappa shape index (κ3) is 2.13. The molecule has 0 aromatic heterocycles. The zero-order valence-corrected chi connectivity index (χ0v) is 11.3. The Morgan fingerprint density at radius 3 is 2.33 bits per heavy atom. The number of aliphatic carboxylic acids is 1. The van der Waals surface area contributed by atoms with Gasteiger partial charge in [-0.1, -0.05) is 37.6 Å². The molecule has 1 N–H and O–H groups in total. The second-order valence-electron chi connectivity index (χ2n) is 5.54. The number of hydrogen-bond acceptors (Lipinski definition) is 2. The largest absolute Gasteiger partial charge is 0.481 e. The number of carboxylic acid groups (broad SMARTS) is 1. The Hall–Kier alpha value is -1.06. The fourth-order valence-electron chi connectivity index (χ4n) is 2.57. The van der Waals surface area contributed by atoms with Gasteiger partial charge in [0.1, 0.15) is 0 Å². The lowest BCUT2D eigenvalue weighted by molar-refractivity contribution is -0.151. The van der Waals surface area contributed by atoms with Crippen molar-refractivity contribution in [1.82, 2.24) is 0 Å². The van der Waals surface area contributed by atoms with E-state index in [0.29, 0.717) is 18.2 Å². The van der Waals surface area contributed by atoms with Crippen molar-refractivity contribution >= 4 is 17.6 Å². The van der Waals surface area contributed by atoms with Crippen LogP contribution in [0, 0.1) is 5.41 Å². The molecule has 0 radical (unpaired) electrons. The third-order valence-electron chi connectivity index (χ3n) is 3.98. The Kier molecular flexibility index (Phi) is 3.39. The highest BCUT2D eigenvalue weighted by atomic mass is 35.5. The Labute approximate surface area is 112 Å². The van der Waals surface area contributed by atoms with Crippen LogP contribution in [-0.2, 0) is 14.9 Å². The van der Waals surface area contributed by atoms with Crippen molar-refractivity contribution in [3.8, 4) is 0 Å². The van der Waals surface area contributed by atoms with Crippen molar-refractivity contribution in [2.24, 2.45) is 5.41 Å². The van der Waals surface area contributed by atoms with E-state index < -0.39 is 5.97 Å².